The van der Waals surface area contributed by atoms with Crippen molar-refractivity contribution in [2.45, 2.75) is 37.9 Å². The highest BCUT2D eigenvalue weighted by Gasteiger charge is 2.21. The summed E-state index contributed by atoms with van der Waals surface area (Å²) in [4.78, 5) is 11.6. The Labute approximate surface area is 136 Å². The number of rotatable bonds is 3. The average molecular weight is 400 g/mol. The van der Waals surface area contributed by atoms with Gasteiger partial charge in [-0.3, -0.25) is 0 Å². The van der Waals surface area contributed by atoms with E-state index < -0.39 is 28.0 Å². The van der Waals surface area contributed by atoms with Crippen LogP contribution in [0.5, 0.6) is 5.75 Å². The molecule has 1 aromatic rings. The summed E-state index contributed by atoms with van der Waals surface area (Å²) in [6, 6.07) is 3.98. The molecule has 0 aliphatic rings. The zero-order chi connectivity index (χ0) is 17.1. The molecule has 1 atom stereocenters. The SMILES string of the molecule is CC(C)(C)OC(=O)N=S(C)(=O)c1cc(Br)ccc1OC(F)F. The smallest absolute Gasteiger partial charge is 0.442 e. The first-order chi connectivity index (χ1) is 9.90. The second-order valence-corrected chi connectivity index (χ2v) is 8.49. The minimum Gasteiger partial charge on any atom is -0.442 e. The van der Waals surface area contributed by atoms with Gasteiger partial charge in [-0.05, 0) is 39.0 Å². The third-order valence-electron chi connectivity index (χ3n) is 2.17. The predicted molar refractivity (Wildman–Crippen MR) is 81.8 cm³/mol. The van der Waals surface area contributed by atoms with Gasteiger partial charge in [-0.2, -0.15) is 8.78 Å². The molecule has 5 nitrogen and oxygen atoms in total. The molecule has 1 aromatic carbocycles. The molecular weight excluding hydrogens is 384 g/mol. The number of hydrogen-bond acceptors (Lipinski definition) is 4. The molecule has 0 saturated carbocycles. The summed E-state index contributed by atoms with van der Waals surface area (Å²) in [5, 5.41) is 0. The fourth-order valence-corrected chi connectivity index (χ4v) is 3.21. The van der Waals surface area contributed by atoms with Gasteiger partial charge in [0.1, 0.15) is 11.4 Å². The van der Waals surface area contributed by atoms with Crippen molar-refractivity contribution < 1.29 is 27.3 Å². The van der Waals surface area contributed by atoms with Crippen LogP contribution >= 0.6 is 15.9 Å². The summed E-state index contributed by atoms with van der Waals surface area (Å²) in [5.41, 5.74) is -0.810. The van der Waals surface area contributed by atoms with Crippen LogP contribution in [0, 0.1) is 0 Å². The number of halogens is 3. The van der Waals surface area contributed by atoms with Gasteiger partial charge in [0.05, 0.1) is 14.6 Å². The topological polar surface area (TPSA) is 65.0 Å². The fourth-order valence-electron chi connectivity index (χ4n) is 1.44. The van der Waals surface area contributed by atoms with Crippen LogP contribution in [0.4, 0.5) is 13.6 Å². The zero-order valence-corrected chi connectivity index (χ0v) is 14.8. The normalized spacial score (nSPS) is 14.4. The lowest BCUT2D eigenvalue weighted by molar-refractivity contribution is -0.0517. The molecule has 0 aliphatic heterocycles. The second kappa shape index (κ2) is 6.91. The van der Waals surface area contributed by atoms with Gasteiger partial charge in [0, 0.05) is 10.7 Å². The van der Waals surface area contributed by atoms with Crippen LogP contribution in [0.1, 0.15) is 20.8 Å². The van der Waals surface area contributed by atoms with Gasteiger partial charge in [-0.25, -0.2) is 9.00 Å². The van der Waals surface area contributed by atoms with Crippen LogP contribution in [0.3, 0.4) is 0 Å². The van der Waals surface area contributed by atoms with Crippen LogP contribution in [0.2, 0.25) is 0 Å². The molecule has 0 aromatic heterocycles. The van der Waals surface area contributed by atoms with E-state index in [2.05, 4.69) is 25.0 Å². The van der Waals surface area contributed by atoms with Crippen LogP contribution in [0.15, 0.2) is 31.9 Å². The van der Waals surface area contributed by atoms with Crippen molar-refractivity contribution in [1.29, 1.82) is 0 Å². The van der Waals surface area contributed by atoms with Crippen molar-refractivity contribution in [3.05, 3.63) is 22.7 Å². The van der Waals surface area contributed by atoms with Crippen molar-refractivity contribution in [2.24, 2.45) is 4.36 Å². The molecule has 124 valence electrons. The summed E-state index contributed by atoms with van der Waals surface area (Å²) in [5.74, 6) is -0.307. The first kappa shape index (κ1) is 18.8. The Bertz CT molecular complexity index is 679. The highest BCUT2D eigenvalue weighted by molar-refractivity contribution is 9.10. The van der Waals surface area contributed by atoms with Crippen molar-refractivity contribution in [3.63, 3.8) is 0 Å². The number of hydrogen-bond donors (Lipinski definition) is 0. The monoisotopic (exact) mass is 399 g/mol. The molecule has 0 aliphatic carbocycles. The molecule has 0 heterocycles. The van der Waals surface area contributed by atoms with Crippen LogP contribution in [0.25, 0.3) is 0 Å². The van der Waals surface area contributed by atoms with E-state index in [0.29, 0.717) is 4.47 Å². The molecule has 0 fully saturated rings. The van der Waals surface area contributed by atoms with Crippen molar-refractivity contribution in [2.75, 3.05) is 6.26 Å². The summed E-state index contributed by atoms with van der Waals surface area (Å²) in [6.45, 7) is 1.80. The van der Waals surface area contributed by atoms with Gasteiger partial charge in [0.15, 0.2) is 0 Å². The van der Waals surface area contributed by atoms with Gasteiger partial charge >= 0.3 is 12.7 Å². The second-order valence-electron chi connectivity index (χ2n) is 5.34. The molecule has 0 N–H and O–H groups in total. The largest absolute Gasteiger partial charge is 0.442 e. The number of carbonyl (C=O) groups is 1. The lowest BCUT2D eigenvalue weighted by Gasteiger charge is -2.18. The first-order valence-electron chi connectivity index (χ1n) is 6.10. The van der Waals surface area contributed by atoms with E-state index in [-0.39, 0.29) is 10.6 Å². The summed E-state index contributed by atoms with van der Waals surface area (Å²) in [7, 11) is -3.32. The molecule has 0 saturated heterocycles. The average Bonchev–Trinajstić information content (AvgIpc) is 2.27. The van der Waals surface area contributed by atoms with Crippen molar-refractivity contribution in [1.82, 2.24) is 0 Å². The van der Waals surface area contributed by atoms with Gasteiger partial charge in [-0.15, -0.1) is 4.36 Å². The molecule has 22 heavy (non-hydrogen) atoms. The third-order valence-corrected chi connectivity index (χ3v) is 4.30. The molecule has 9 heteroatoms. The number of carbonyl (C=O) groups excluding carboxylic acids is 1. The predicted octanol–water partition coefficient (Wildman–Crippen LogP) is 4.44. The Hall–Kier alpha value is -1.22. The van der Waals surface area contributed by atoms with Crippen LogP contribution < -0.4 is 4.74 Å². The number of amides is 1. The Morgan fingerprint density at radius 2 is 1.95 bits per heavy atom. The standard InChI is InChI=1S/C13H16BrF2NO4S/c1-13(2,3)21-12(18)17-22(4,19)10-7-8(14)5-6-9(10)20-11(15)16/h5-7,11H,1-4H3. The zero-order valence-electron chi connectivity index (χ0n) is 12.4. The maximum atomic E-state index is 12.6. The lowest BCUT2D eigenvalue weighted by Crippen LogP contribution is -2.22. The highest BCUT2D eigenvalue weighted by Crippen LogP contribution is 2.30. The lowest BCUT2D eigenvalue weighted by atomic mass is 10.2. The summed E-state index contributed by atoms with van der Waals surface area (Å²) >= 11 is 3.14. The molecule has 1 amide bonds. The Kier molecular flexibility index (Phi) is 5.91. The number of alkyl halides is 2. The van der Waals surface area contributed by atoms with E-state index in [1.54, 1.807) is 20.8 Å². The summed E-state index contributed by atoms with van der Waals surface area (Å²) in [6.07, 6.45) is 0.111. The van der Waals surface area contributed by atoms with Gasteiger partial charge in [0.2, 0.25) is 0 Å². The molecule has 0 bridgehead atoms. The number of benzene rings is 1. The molecule has 0 spiro atoms. The molecular formula is C13H16BrF2NO4S. The van der Waals surface area contributed by atoms with Crippen LogP contribution in [-0.4, -0.2) is 28.8 Å². The fraction of sp³-hybridized carbons (Fsp3) is 0.462. The van der Waals surface area contributed by atoms with Crippen molar-refractivity contribution in [3.8, 4) is 5.75 Å². The summed E-state index contributed by atoms with van der Waals surface area (Å²) < 4.78 is 50.7. The van der Waals surface area contributed by atoms with Crippen LogP contribution in [-0.2, 0) is 14.5 Å². The Balaban J connectivity index is 3.29. The van der Waals surface area contributed by atoms with Gasteiger partial charge < -0.3 is 9.47 Å². The minimum atomic E-state index is -3.32. The van der Waals surface area contributed by atoms with E-state index in [1.165, 1.54) is 18.2 Å². The van der Waals surface area contributed by atoms with Gasteiger partial charge in [-0.1, -0.05) is 15.9 Å². The maximum Gasteiger partial charge on any atom is 0.442 e. The third kappa shape index (κ3) is 5.88. The highest BCUT2D eigenvalue weighted by atomic mass is 79.9. The van der Waals surface area contributed by atoms with E-state index in [4.69, 9.17) is 4.74 Å². The van der Waals surface area contributed by atoms with E-state index in [9.17, 15) is 17.8 Å². The minimum absolute atomic E-state index is 0.118. The molecule has 1 rings (SSSR count). The Morgan fingerprint density at radius 1 is 1.36 bits per heavy atom. The van der Waals surface area contributed by atoms with E-state index >= 15 is 0 Å². The van der Waals surface area contributed by atoms with E-state index in [0.717, 1.165) is 6.26 Å². The molecule has 1 unspecified atom stereocenters. The maximum absolute atomic E-state index is 12.6. The van der Waals surface area contributed by atoms with Crippen molar-refractivity contribution >= 4 is 31.8 Å². The van der Waals surface area contributed by atoms with E-state index in [1.807, 2.05) is 0 Å². The number of ether oxygens (including phenoxy) is 2. The number of nitrogens with zero attached hydrogens (tertiary/aromatic N) is 1. The first-order valence-corrected chi connectivity index (χ1v) is 8.82. The molecule has 0 radical (unpaired) electrons. The van der Waals surface area contributed by atoms with Gasteiger partial charge in [0.25, 0.3) is 0 Å². The quantitative estimate of drug-likeness (QED) is 0.753. The Morgan fingerprint density at radius 3 is 2.45 bits per heavy atom.